The van der Waals surface area contributed by atoms with Crippen molar-refractivity contribution in [3.63, 3.8) is 0 Å². The molecule has 1 saturated carbocycles. The fourth-order valence-corrected chi connectivity index (χ4v) is 3.21. The van der Waals surface area contributed by atoms with Gasteiger partial charge < -0.3 is 0 Å². The monoisotopic (exact) mass is 296 g/mol. The van der Waals surface area contributed by atoms with E-state index < -0.39 is 17.5 Å². The molecule has 0 bridgehead atoms. The van der Waals surface area contributed by atoms with E-state index in [2.05, 4.69) is 12.2 Å². The van der Waals surface area contributed by atoms with Crippen molar-refractivity contribution < 1.29 is 13.2 Å². The van der Waals surface area contributed by atoms with Gasteiger partial charge in [-0.15, -0.1) is 0 Å². The molecule has 0 spiro atoms. The van der Waals surface area contributed by atoms with E-state index in [0.29, 0.717) is 17.9 Å². The predicted molar refractivity (Wildman–Crippen MR) is 79.5 cm³/mol. The molecule has 0 heterocycles. The Morgan fingerprint density at radius 3 is 2.14 bits per heavy atom. The number of allylic oxidation sites excluding steroid dienone is 2. The highest BCUT2D eigenvalue weighted by Crippen LogP contribution is 2.33. The van der Waals surface area contributed by atoms with E-state index >= 15 is 0 Å². The molecule has 0 aromatic heterocycles. The number of aryl methyl sites for hydroxylation is 1. The Hall–Kier alpha value is -1.25. The van der Waals surface area contributed by atoms with Crippen molar-refractivity contribution in [2.75, 3.05) is 0 Å². The lowest BCUT2D eigenvalue weighted by atomic mass is 9.78. The van der Waals surface area contributed by atoms with Crippen LogP contribution in [0.25, 0.3) is 0 Å². The van der Waals surface area contributed by atoms with Crippen molar-refractivity contribution in [2.45, 2.75) is 51.9 Å². The van der Waals surface area contributed by atoms with Crippen LogP contribution in [0, 0.1) is 29.3 Å². The fourth-order valence-electron chi connectivity index (χ4n) is 3.21. The largest absolute Gasteiger partial charge is 0.204 e. The van der Waals surface area contributed by atoms with E-state index in [1.807, 2.05) is 6.92 Å². The van der Waals surface area contributed by atoms with Crippen molar-refractivity contribution in [3.05, 3.63) is 47.3 Å². The van der Waals surface area contributed by atoms with Gasteiger partial charge in [0.05, 0.1) is 0 Å². The molecular weight excluding hydrogens is 273 g/mol. The molecule has 0 unspecified atom stereocenters. The van der Waals surface area contributed by atoms with Crippen LogP contribution < -0.4 is 0 Å². The summed E-state index contributed by atoms with van der Waals surface area (Å²) in [5.74, 6) is -2.12. The van der Waals surface area contributed by atoms with Gasteiger partial charge >= 0.3 is 0 Å². The summed E-state index contributed by atoms with van der Waals surface area (Å²) in [6, 6.07) is 2.24. The molecule has 1 fully saturated rings. The summed E-state index contributed by atoms with van der Waals surface area (Å²) in [5, 5.41) is 0. The van der Waals surface area contributed by atoms with E-state index in [0.717, 1.165) is 30.9 Å². The van der Waals surface area contributed by atoms with Gasteiger partial charge in [-0.05, 0) is 68.6 Å². The van der Waals surface area contributed by atoms with Crippen LogP contribution in [0.1, 0.15) is 51.0 Å². The van der Waals surface area contributed by atoms with Gasteiger partial charge in [-0.25, -0.2) is 13.2 Å². The molecule has 1 aromatic rings. The first kappa shape index (κ1) is 16.1. The zero-order chi connectivity index (χ0) is 15.2. The number of hydrogen-bond acceptors (Lipinski definition) is 0. The molecule has 21 heavy (non-hydrogen) atoms. The minimum Gasteiger partial charge on any atom is -0.204 e. The van der Waals surface area contributed by atoms with Gasteiger partial charge in [-0.2, -0.15) is 0 Å². The van der Waals surface area contributed by atoms with Crippen LogP contribution in [0.5, 0.6) is 0 Å². The molecule has 1 aliphatic rings. The molecule has 116 valence electrons. The lowest BCUT2D eigenvalue weighted by molar-refractivity contribution is 0.265. The summed E-state index contributed by atoms with van der Waals surface area (Å²) in [4.78, 5) is 0. The lowest BCUT2D eigenvalue weighted by Crippen LogP contribution is -2.14. The van der Waals surface area contributed by atoms with Crippen LogP contribution in [0.3, 0.4) is 0 Å². The topological polar surface area (TPSA) is 0 Å². The first-order chi connectivity index (χ1) is 10.1. The summed E-state index contributed by atoms with van der Waals surface area (Å²) >= 11 is 0. The lowest BCUT2D eigenvalue weighted by Gasteiger charge is -2.28. The average molecular weight is 296 g/mol. The van der Waals surface area contributed by atoms with Crippen molar-refractivity contribution in [1.29, 1.82) is 0 Å². The number of rotatable bonds is 5. The van der Waals surface area contributed by atoms with Gasteiger partial charge in [-0.1, -0.05) is 25.0 Å². The molecule has 0 saturated heterocycles. The van der Waals surface area contributed by atoms with E-state index in [9.17, 15) is 13.2 Å². The van der Waals surface area contributed by atoms with Gasteiger partial charge in [0, 0.05) is 0 Å². The third kappa shape index (κ3) is 4.62. The van der Waals surface area contributed by atoms with Gasteiger partial charge in [0.15, 0.2) is 17.5 Å². The molecular formula is C18H23F3. The fraction of sp³-hybridized carbons (Fsp3) is 0.556. The molecule has 0 aliphatic heterocycles. The highest BCUT2D eigenvalue weighted by Gasteiger charge is 2.20. The molecule has 3 heteroatoms. The average Bonchev–Trinajstić information content (AvgIpc) is 2.49. The standard InChI is InChI=1S/C18H23F3/c1-2-3-4-13-5-7-14(8-6-13)9-10-15-11-16(19)18(21)17(20)12-15/h2-3,11-14H,4-10H2,1H3/b3-2+. The molecule has 1 aliphatic carbocycles. The minimum absolute atomic E-state index is 0.558. The molecule has 0 N–H and O–H groups in total. The Morgan fingerprint density at radius 2 is 1.57 bits per heavy atom. The number of hydrogen-bond donors (Lipinski definition) is 0. The maximum Gasteiger partial charge on any atom is 0.194 e. The van der Waals surface area contributed by atoms with Crippen molar-refractivity contribution >= 4 is 0 Å². The summed E-state index contributed by atoms with van der Waals surface area (Å²) < 4.78 is 39.2. The maximum absolute atomic E-state index is 13.2. The molecule has 0 amide bonds. The SMILES string of the molecule is C/C=C/CC1CCC(CCc2cc(F)c(F)c(F)c2)CC1. The van der Waals surface area contributed by atoms with Crippen molar-refractivity contribution in [1.82, 2.24) is 0 Å². The Bertz CT molecular complexity index is 462. The zero-order valence-electron chi connectivity index (χ0n) is 12.5. The van der Waals surface area contributed by atoms with Crippen LogP contribution in [0.4, 0.5) is 13.2 Å². The van der Waals surface area contributed by atoms with Gasteiger partial charge in [0.1, 0.15) is 0 Å². The van der Waals surface area contributed by atoms with E-state index in [-0.39, 0.29) is 0 Å². The highest BCUT2D eigenvalue weighted by molar-refractivity contribution is 5.19. The predicted octanol–water partition coefficient (Wildman–Crippen LogP) is 5.81. The van der Waals surface area contributed by atoms with Crippen molar-refractivity contribution in [2.24, 2.45) is 11.8 Å². The van der Waals surface area contributed by atoms with Crippen LogP contribution >= 0.6 is 0 Å². The van der Waals surface area contributed by atoms with E-state index in [1.165, 1.54) is 25.7 Å². The van der Waals surface area contributed by atoms with Gasteiger partial charge in [0.2, 0.25) is 0 Å². The third-order valence-electron chi connectivity index (χ3n) is 4.56. The minimum atomic E-state index is -1.37. The second-order valence-electron chi connectivity index (χ2n) is 6.10. The molecule has 1 aromatic carbocycles. The van der Waals surface area contributed by atoms with Crippen LogP contribution in [0.2, 0.25) is 0 Å². The normalized spacial score (nSPS) is 22.9. The van der Waals surface area contributed by atoms with Gasteiger partial charge in [-0.3, -0.25) is 0 Å². The Balaban J connectivity index is 1.80. The molecule has 0 radical (unpaired) electrons. The number of halogens is 3. The molecule has 2 rings (SSSR count). The van der Waals surface area contributed by atoms with Gasteiger partial charge in [0.25, 0.3) is 0 Å². The number of benzene rings is 1. The Morgan fingerprint density at radius 1 is 1.00 bits per heavy atom. The first-order valence-corrected chi connectivity index (χ1v) is 7.84. The quantitative estimate of drug-likeness (QED) is 0.475. The summed E-state index contributed by atoms with van der Waals surface area (Å²) in [5.41, 5.74) is 0.558. The molecule has 0 atom stereocenters. The summed E-state index contributed by atoms with van der Waals surface area (Å²) in [6.07, 6.45) is 11.9. The second-order valence-corrected chi connectivity index (χ2v) is 6.10. The van der Waals surface area contributed by atoms with E-state index in [1.54, 1.807) is 0 Å². The Kier molecular flexibility index (Phi) is 5.89. The summed E-state index contributed by atoms with van der Waals surface area (Å²) in [7, 11) is 0. The second kappa shape index (κ2) is 7.67. The van der Waals surface area contributed by atoms with Crippen LogP contribution in [0.15, 0.2) is 24.3 Å². The zero-order valence-corrected chi connectivity index (χ0v) is 12.5. The van der Waals surface area contributed by atoms with Crippen LogP contribution in [-0.2, 0) is 6.42 Å². The van der Waals surface area contributed by atoms with Crippen LogP contribution in [-0.4, -0.2) is 0 Å². The van der Waals surface area contributed by atoms with Crippen molar-refractivity contribution in [3.8, 4) is 0 Å². The third-order valence-corrected chi connectivity index (χ3v) is 4.56. The highest BCUT2D eigenvalue weighted by atomic mass is 19.2. The van der Waals surface area contributed by atoms with E-state index in [4.69, 9.17) is 0 Å². The smallest absolute Gasteiger partial charge is 0.194 e. The maximum atomic E-state index is 13.2. The molecule has 0 nitrogen and oxygen atoms in total. The summed E-state index contributed by atoms with van der Waals surface area (Å²) in [6.45, 7) is 2.05. The Labute approximate surface area is 125 Å². The first-order valence-electron chi connectivity index (χ1n) is 7.84.